The second-order valence-electron chi connectivity index (χ2n) is 5.22. The summed E-state index contributed by atoms with van der Waals surface area (Å²) in [6.07, 6.45) is 5.19. The molecule has 2 saturated heterocycles. The Morgan fingerprint density at radius 2 is 2.25 bits per heavy atom. The first kappa shape index (κ1) is 12.3. The highest BCUT2D eigenvalue weighted by molar-refractivity contribution is 7.91. The van der Waals surface area contributed by atoms with E-state index in [1.165, 1.54) is 0 Å². The fourth-order valence-electron chi connectivity index (χ4n) is 2.78. The number of sulfone groups is 1. The lowest BCUT2D eigenvalue weighted by Crippen LogP contribution is -2.32. The molecule has 0 radical (unpaired) electrons. The summed E-state index contributed by atoms with van der Waals surface area (Å²) in [5.41, 5.74) is 5.61. The summed E-state index contributed by atoms with van der Waals surface area (Å²) in [6, 6.07) is 0. The summed E-state index contributed by atoms with van der Waals surface area (Å²) in [6.45, 7) is 1.34. The van der Waals surface area contributed by atoms with Crippen molar-refractivity contribution in [2.45, 2.75) is 38.2 Å². The van der Waals surface area contributed by atoms with Gasteiger partial charge in [-0.3, -0.25) is 0 Å². The molecule has 0 amide bonds. The first-order valence-corrected chi connectivity index (χ1v) is 7.90. The number of hydrogen-bond donors (Lipinski definition) is 1. The van der Waals surface area contributed by atoms with Crippen molar-refractivity contribution in [3.8, 4) is 0 Å². The highest BCUT2D eigenvalue weighted by Gasteiger charge is 2.41. The first-order chi connectivity index (χ1) is 7.55. The average Bonchev–Trinajstić information content (AvgIpc) is 2.84. The van der Waals surface area contributed by atoms with Crippen molar-refractivity contribution < 1.29 is 13.2 Å². The van der Waals surface area contributed by atoms with E-state index in [0.29, 0.717) is 18.4 Å². The summed E-state index contributed by atoms with van der Waals surface area (Å²) in [5.74, 6) is 0.596. The lowest BCUT2D eigenvalue weighted by atomic mass is 9.82. The van der Waals surface area contributed by atoms with Crippen molar-refractivity contribution in [1.82, 2.24) is 0 Å². The van der Waals surface area contributed by atoms with Crippen LogP contribution >= 0.6 is 0 Å². The van der Waals surface area contributed by atoms with E-state index in [1.807, 2.05) is 0 Å². The standard InChI is InChI=1S/C11H21NO3S/c12-8-11(5-7-16(13,14)9-11)4-3-10-2-1-6-15-10/h10H,1-9,12H2. The Balaban J connectivity index is 1.90. The van der Waals surface area contributed by atoms with Crippen LogP contribution in [0.25, 0.3) is 0 Å². The van der Waals surface area contributed by atoms with Gasteiger partial charge in [0, 0.05) is 6.61 Å². The molecule has 94 valence electrons. The van der Waals surface area contributed by atoms with E-state index in [9.17, 15) is 8.42 Å². The minimum atomic E-state index is -2.83. The average molecular weight is 247 g/mol. The van der Waals surface area contributed by atoms with Crippen LogP contribution in [0, 0.1) is 5.41 Å². The third kappa shape index (κ3) is 2.76. The minimum absolute atomic E-state index is 0.162. The van der Waals surface area contributed by atoms with Gasteiger partial charge >= 0.3 is 0 Å². The molecular formula is C11H21NO3S. The summed E-state index contributed by atoms with van der Waals surface area (Å²) in [4.78, 5) is 0. The predicted octanol–water partition coefficient (Wildman–Crippen LogP) is 0.709. The fraction of sp³-hybridized carbons (Fsp3) is 1.00. The molecule has 0 aliphatic carbocycles. The van der Waals surface area contributed by atoms with Gasteiger partial charge in [-0.15, -0.1) is 0 Å². The van der Waals surface area contributed by atoms with Crippen LogP contribution in [0.5, 0.6) is 0 Å². The smallest absolute Gasteiger partial charge is 0.150 e. The molecule has 2 fully saturated rings. The van der Waals surface area contributed by atoms with Crippen molar-refractivity contribution in [2.24, 2.45) is 11.1 Å². The predicted molar refractivity (Wildman–Crippen MR) is 63.0 cm³/mol. The van der Waals surface area contributed by atoms with E-state index in [0.717, 1.165) is 38.7 Å². The zero-order chi connectivity index (χ0) is 11.6. The van der Waals surface area contributed by atoms with Crippen LogP contribution in [0.4, 0.5) is 0 Å². The van der Waals surface area contributed by atoms with Crippen molar-refractivity contribution in [1.29, 1.82) is 0 Å². The van der Waals surface area contributed by atoms with Crippen LogP contribution in [0.1, 0.15) is 32.1 Å². The van der Waals surface area contributed by atoms with E-state index in [1.54, 1.807) is 0 Å². The molecule has 2 heterocycles. The Kier molecular flexibility index (Phi) is 3.56. The lowest BCUT2D eigenvalue weighted by Gasteiger charge is -2.26. The molecule has 2 aliphatic heterocycles. The molecule has 0 bridgehead atoms. The van der Waals surface area contributed by atoms with Gasteiger partial charge in [0.25, 0.3) is 0 Å². The molecule has 2 rings (SSSR count). The molecule has 16 heavy (non-hydrogen) atoms. The number of rotatable bonds is 4. The van der Waals surface area contributed by atoms with E-state index in [2.05, 4.69) is 0 Å². The van der Waals surface area contributed by atoms with E-state index >= 15 is 0 Å². The fourth-order valence-corrected chi connectivity index (χ4v) is 5.01. The van der Waals surface area contributed by atoms with E-state index in [-0.39, 0.29) is 11.2 Å². The van der Waals surface area contributed by atoms with Gasteiger partial charge in [0.15, 0.2) is 9.84 Å². The van der Waals surface area contributed by atoms with Gasteiger partial charge in [0.05, 0.1) is 17.6 Å². The van der Waals surface area contributed by atoms with Crippen LogP contribution in [0.3, 0.4) is 0 Å². The SMILES string of the molecule is NCC1(CCC2CCCO2)CCS(=O)(=O)C1. The molecule has 0 aromatic rings. The Morgan fingerprint density at radius 1 is 1.44 bits per heavy atom. The molecule has 0 spiro atoms. The maximum atomic E-state index is 11.5. The lowest BCUT2D eigenvalue weighted by molar-refractivity contribution is 0.0912. The highest BCUT2D eigenvalue weighted by Crippen LogP contribution is 2.37. The molecule has 5 heteroatoms. The van der Waals surface area contributed by atoms with Crippen LogP contribution in [0.15, 0.2) is 0 Å². The summed E-state index contributed by atoms with van der Waals surface area (Å²) >= 11 is 0. The molecule has 0 aromatic heterocycles. The molecule has 0 aromatic carbocycles. The second kappa shape index (κ2) is 4.63. The van der Waals surface area contributed by atoms with Crippen LogP contribution in [-0.4, -0.2) is 39.2 Å². The highest BCUT2D eigenvalue weighted by atomic mass is 32.2. The summed E-state index contributed by atoms with van der Waals surface area (Å²) < 4.78 is 28.6. The van der Waals surface area contributed by atoms with Crippen molar-refractivity contribution in [2.75, 3.05) is 24.7 Å². The molecule has 2 N–H and O–H groups in total. The third-order valence-corrected chi connectivity index (χ3v) is 5.80. The molecule has 0 saturated carbocycles. The van der Waals surface area contributed by atoms with Gasteiger partial charge in [-0.1, -0.05) is 0 Å². The summed E-state index contributed by atoms with van der Waals surface area (Å²) in [7, 11) is -2.83. The summed E-state index contributed by atoms with van der Waals surface area (Å²) in [5, 5.41) is 0. The Labute approximate surface area is 97.5 Å². The van der Waals surface area contributed by atoms with E-state index < -0.39 is 9.84 Å². The normalized spacial score (nSPS) is 37.9. The van der Waals surface area contributed by atoms with Gasteiger partial charge in [0.1, 0.15) is 0 Å². The molecule has 4 nitrogen and oxygen atoms in total. The molecule has 2 unspecified atom stereocenters. The third-order valence-electron chi connectivity index (χ3n) is 3.92. The zero-order valence-electron chi connectivity index (χ0n) is 9.65. The van der Waals surface area contributed by atoms with Gasteiger partial charge in [0.2, 0.25) is 0 Å². The van der Waals surface area contributed by atoms with Crippen LogP contribution < -0.4 is 5.73 Å². The Morgan fingerprint density at radius 3 is 2.75 bits per heavy atom. The van der Waals surface area contributed by atoms with Crippen molar-refractivity contribution in [3.63, 3.8) is 0 Å². The monoisotopic (exact) mass is 247 g/mol. The zero-order valence-corrected chi connectivity index (χ0v) is 10.5. The second-order valence-corrected chi connectivity index (χ2v) is 7.40. The van der Waals surface area contributed by atoms with Crippen molar-refractivity contribution in [3.05, 3.63) is 0 Å². The minimum Gasteiger partial charge on any atom is -0.378 e. The van der Waals surface area contributed by atoms with Gasteiger partial charge in [-0.2, -0.15) is 0 Å². The Bertz CT molecular complexity index is 335. The number of ether oxygens (including phenoxy) is 1. The maximum absolute atomic E-state index is 11.5. The van der Waals surface area contributed by atoms with Crippen LogP contribution in [0.2, 0.25) is 0 Å². The molecular weight excluding hydrogens is 226 g/mol. The van der Waals surface area contributed by atoms with Crippen LogP contribution in [-0.2, 0) is 14.6 Å². The number of nitrogens with two attached hydrogens (primary N) is 1. The van der Waals surface area contributed by atoms with Crippen molar-refractivity contribution >= 4 is 9.84 Å². The van der Waals surface area contributed by atoms with Gasteiger partial charge in [-0.05, 0) is 44.1 Å². The topological polar surface area (TPSA) is 69.4 Å². The quantitative estimate of drug-likeness (QED) is 0.794. The Hall–Kier alpha value is -0.130. The largest absolute Gasteiger partial charge is 0.378 e. The molecule has 2 atom stereocenters. The number of hydrogen-bond acceptors (Lipinski definition) is 4. The molecule has 2 aliphatic rings. The first-order valence-electron chi connectivity index (χ1n) is 6.07. The maximum Gasteiger partial charge on any atom is 0.150 e. The van der Waals surface area contributed by atoms with E-state index in [4.69, 9.17) is 10.5 Å². The van der Waals surface area contributed by atoms with Gasteiger partial charge < -0.3 is 10.5 Å². The van der Waals surface area contributed by atoms with Gasteiger partial charge in [-0.25, -0.2) is 8.42 Å².